The molecule has 6 nitrogen and oxygen atoms in total. The van der Waals surface area contributed by atoms with Crippen LogP contribution in [0.2, 0.25) is 0 Å². The molecule has 1 N–H and O–H groups in total. The van der Waals surface area contributed by atoms with Crippen LogP contribution in [0.15, 0.2) is 21.5 Å². The summed E-state index contributed by atoms with van der Waals surface area (Å²) in [5.74, 6) is -0.669. The van der Waals surface area contributed by atoms with E-state index < -0.39 is 9.84 Å². The second-order valence-electron chi connectivity index (χ2n) is 6.95. The Balaban J connectivity index is 1.79. The first-order valence-electron chi connectivity index (χ1n) is 8.90. The third kappa shape index (κ3) is 4.11. The molecule has 142 valence electrons. The highest BCUT2D eigenvalue weighted by molar-refractivity contribution is 9.10. The van der Waals surface area contributed by atoms with Crippen LogP contribution < -0.4 is 10.2 Å². The molecule has 3 rings (SSSR count). The molecule has 26 heavy (non-hydrogen) atoms. The smallest absolute Gasteiger partial charge is 0.223 e. The summed E-state index contributed by atoms with van der Waals surface area (Å²) in [6.45, 7) is 1.91. The number of nitrogens with zero attached hydrogens (tertiary/aromatic N) is 1. The minimum atomic E-state index is -3.69. The number of hydrogen-bond donors (Lipinski definition) is 1. The van der Waals surface area contributed by atoms with Crippen LogP contribution >= 0.6 is 15.9 Å². The summed E-state index contributed by atoms with van der Waals surface area (Å²) >= 11 is 3.36. The summed E-state index contributed by atoms with van der Waals surface area (Å²) in [5, 5.41) is 2.92. The SMILES string of the molecule is CC(=O)N1CCc2cc(Br)cc(S(=O)(=O)CCC(=O)NC3CCCC3)c21. The average Bonchev–Trinajstić information content (AvgIpc) is 3.21. The molecule has 0 bridgehead atoms. The maximum Gasteiger partial charge on any atom is 0.223 e. The van der Waals surface area contributed by atoms with Gasteiger partial charge < -0.3 is 10.2 Å². The first kappa shape index (κ1) is 19.4. The molecular weight excluding hydrogens is 420 g/mol. The summed E-state index contributed by atoms with van der Waals surface area (Å²) in [5.41, 5.74) is 1.31. The summed E-state index contributed by atoms with van der Waals surface area (Å²) in [7, 11) is -3.69. The van der Waals surface area contributed by atoms with Crippen molar-refractivity contribution in [1.82, 2.24) is 5.32 Å². The monoisotopic (exact) mass is 442 g/mol. The van der Waals surface area contributed by atoms with Gasteiger partial charge in [-0.05, 0) is 37.0 Å². The molecule has 2 amide bonds. The van der Waals surface area contributed by atoms with Gasteiger partial charge in [-0.15, -0.1) is 0 Å². The summed E-state index contributed by atoms with van der Waals surface area (Å²) in [6, 6.07) is 3.56. The lowest BCUT2D eigenvalue weighted by molar-refractivity contribution is -0.121. The van der Waals surface area contributed by atoms with Crippen molar-refractivity contribution in [3.8, 4) is 0 Å². The zero-order valence-corrected chi connectivity index (χ0v) is 17.2. The van der Waals surface area contributed by atoms with Crippen LogP contribution in [-0.2, 0) is 25.8 Å². The van der Waals surface area contributed by atoms with Crippen LogP contribution in [0.1, 0.15) is 44.6 Å². The lowest BCUT2D eigenvalue weighted by Crippen LogP contribution is -2.33. The first-order chi connectivity index (χ1) is 12.3. The minimum absolute atomic E-state index is 0.0693. The Hall–Kier alpha value is -1.41. The fraction of sp³-hybridized carbons (Fsp3) is 0.556. The van der Waals surface area contributed by atoms with E-state index in [1.54, 1.807) is 0 Å². The van der Waals surface area contributed by atoms with Gasteiger partial charge in [0.1, 0.15) is 0 Å². The van der Waals surface area contributed by atoms with Gasteiger partial charge in [0.25, 0.3) is 0 Å². The van der Waals surface area contributed by atoms with Crippen molar-refractivity contribution in [3.05, 3.63) is 22.2 Å². The molecule has 1 aliphatic carbocycles. The van der Waals surface area contributed by atoms with E-state index in [1.165, 1.54) is 17.9 Å². The third-order valence-corrected chi connectivity index (χ3v) is 7.21. The van der Waals surface area contributed by atoms with E-state index in [0.29, 0.717) is 23.1 Å². The van der Waals surface area contributed by atoms with Crippen LogP contribution in [0.25, 0.3) is 0 Å². The Morgan fingerprint density at radius 2 is 1.96 bits per heavy atom. The van der Waals surface area contributed by atoms with Crippen LogP contribution in [0, 0.1) is 0 Å². The number of benzene rings is 1. The van der Waals surface area contributed by atoms with Crippen molar-refractivity contribution in [1.29, 1.82) is 0 Å². The van der Waals surface area contributed by atoms with Gasteiger partial charge in [-0.1, -0.05) is 28.8 Å². The summed E-state index contributed by atoms with van der Waals surface area (Å²) in [6.07, 6.45) is 4.69. The van der Waals surface area contributed by atoms with Gasteiger partial charge in [0, 0.05) is 30.4 Å². The number of rotatable bonds is 5. The molecular formula is C18H23BrN2O4S. The van der Waals surface area contributed by atoms with Crippen LogP contribution in [-0.4, -0.2) is 38.6 Å². The molecule has 0 spiro atoms. The second kappa shape index (κ2) is 7.68. The summed E-state index contributed by atoms with van der Waals surface area (Å²) < 4.78 is 26.5. The number of sulfone groups is 1. The van der Waals surface area contributed by atoms with Crippen molar-refractivity contribution >= 4 is 43.3 Å². The molecule has 0 unspecified atom stereocenters. The Labute approximate surface area is 162 Å². The maximum atomic E-state index is 12.9. The van der Waals surface area contributed by atoms with Crippen LogP contribution in [0.4, 0.5) is 5.69 Å². The average molecular weight is 443 g/mol. The van der Waals surface area contributed by atoms with E-state index in [1.807, 2.05) is 6.07 Å². The van der Waals surface area contributed by atoms with E-state index in [4.69, 9.17) is 0 Å². The molecule has 0 aromatic heterocycles. The molecule has 0 saturated heterocycles. The highest BCUT2D eigenvalue weighted by atomic mass is 79.9. The van der Waals surface area contributed by atoms with Crippen molar-refractivity contribution < 1.29 is 18.0 Å². The number of anilines is 1. The van der Waals surface area contributed by atoms with E-state index >= 15 is 0 Å². The Morgan fingerprint density at radius 3 is 2.62 bits per heavy atom. The number of carbonyl (C=O) groups is 2. The largest absolute Gasteiger partial charge is 0.353 e. The normalized spacial score (nSPS) is 17.4. The minimum Gasteiger partial charge on any atom is -0.353 e. The predicted molar refractivity (Wildman–Crippen MR) is 103 cm³/mol. The standard InChI is InChI=1S/C18H23BrN2O4S/c1-12(22)21-8-6-13-10-14(19)11-16(18(13)21)26(24,25)9-7-17(23)20-15-4-2-3-5-15/h10-11,15H,2-9H2,1H3,(H,20,23). The van der Waals surface area contributed by atoms with E-state index in [2.05, 4.69) is 21.2 Å². The Kier molecular flexibility index (Phi) is 5.72. The number of nitrogens with one attached hydrogen (secondary N) is 1. The van der Waals surface area contributed by atoms with Gasteiger partial charge in [-0.3, -0.25) is 9.59 Å². The highest BCUT2D eigenvalue weighted by Gasteiger charge is 2.31. The third-order valence-electron chi connectivity index (χ3n) is 5.03. The zero-order chi connectivity index (χ0) is 18.9. The molecule has 0 radical (unpaired) electrons. The first-order valence-corrected chi connectivity index (χ1v) is 11.3. The molecule has 1 heterocycles. The van der Waals surface area contributed by atoms with Gasteiger partial charge in [-0.2, -0.15) is 0 Å². The van der Waals surface area contributed by atoms with Gasteiger partial charge in [0.2, 0.25) is 11.8 Å². The van der Waals surface area contributed by atoms with Gasteiger partial charge >= 0.3 is 0 Å². The molecule has 1 saturated carbocycles. The van der Waals surface area contributed by atoms with E-state index in [9.17, 15) is 18.0 Å². The highest BCUT2D eigenvalue weighted by Crippen LogP contribution is 2.38. The fourth-order valence-corrected chi connectivity index (χ4v) is 5.90. The molecule has 8 heteroatoms. The van der Waals surface area contributed by atoms with Gasteiger partial charge in [-0.25, -0.2) is 8.42 Å². The maximum absolute atomic E-state index is 12.9. The molecule has 1 fully saturated rings. The van der Waals surface area contributed by atoms with Crippen LogP contribution in [0.3, 0.4) is 0 Å². The Bertz CT molecular complexity index is 832. The number of fused-ring (bicyclic) bond motifs is 1. The van der Waals surface area contributed by atoms with Crippen molar-refractivity contribution in [2.24, 2.45) is 0 Å². The lowest BCUT2D eigenvalue weighted by atomic mass is 10.2. The quantitative estimate of drug-likeness (QED) is 0.759. The van der Waals surface area contributed by atoms with Crippen molar-refractivity contribution in [3.63, 3.8) is 0 Å². The molecule has 2 aliphatic rings. The zero-order valence-electron chi connectivity index (χ0n) is 14.8. The second-order valence-corrected chi connectivity index (χ2v) is 9.94. The fourth-order valence-electron chi connectivity index (χ4n) is 3.73. The van der Waals surface area contributed by atoms with Crippen molar-refractivity contribution in [2.45, 2.75) is 56.4 Å². The topological polar surface area (TPSA) is 83.6 Å². The molecule has 0 atom stereocenters. The van der Waals surface area contributed by atoms with E-state index in [0.717, 1.165) is 31.2 Å². The summed E-state index contributed by atoms with van der Waals surface area (Å²) in [4.78, 5) is 25.6. The molecule has 1 aromatic carbocycles. The van der Waals surface area contributed by atoms with E-state index in [-0.39, 0.29) is 34.9 Å². The number of amides is 2. The molecule has 1 aromatic rings. The lowest BCUT2D eigenvalue weighted by Gasteiger charge is -2.19. The van der Waals surface area contributed by atoms with Crippen molar-refractivity contribution in [2.75, 3.05) is 17.2 Å². The predicted octanol–water partition coefficient (Wildman–Crippen LogP) is 2.58. The number of carbonyl (C=O) groups excluding carboxylic acids is 2. The van der Waals surface area contributed by atoms with Gasteiger partial charge in [0.05, 0.1) is 16.3 Å². The van der Waals surface area contributed by atoms with Crippen LogP contribution in [0.5, 0.6) is 0 Å². The Morgan fingerprint density at radius 1 is 1.27 bits per heavy atom. The molecule has 1 aliphatic heterocycles. The number of halogens is 1. The number of hydrogen-bond acceptors (Lipinski definition) is 4. The van der Waals surface area contributed by atoms with Gasteiger partial charge in [0.15, 0.2) is 9.84 Å².